The van der Waals surface area contributed by atoms with Crippen molar-refractivity contribution in [1.82, 2.24) is 0 Å². The van der Waals surface area contributed by atoms with Crippen molar-refractivity contribution in [3.8, 4) is 0 Å². The number of carbonyl (C=O) groups excluding carboxylic acids is 1. The third kappa shape index (κ3) is 5.76. The fraction of sp³-hybridized carbons (Fsp3) is 0.364. The van der Waals surface area contributed by atoms with Gasteiger partial charge in [0, 0.05) is 0 Å². The number of benzene rings is 1. The van der Waals surface area contributed by atoms with Crippen LogP contribution in [0.2, 0.25) is 0 Å². The van der Waals surface area contributed by atoms with Crippen molar-refractivity contribution in [2.45, 2.75) is 24.8 Å². The lowest BCUT2D eigenvalue weighted by Gasteiger charge is -1.99. The summed E-state index contributed by atoms with van der Waals surface area (Å²) in [5.41, 5.74) is 0.551. The Hall–Kier alpha value is -1.44. The number of hydrogen-bond donors (Lipinski definition) is 2. The van der Waals surface area contributed by atoms with Gasteiger partial charge in [0.2, 0.25) is 0 Å². The fourth-order valence-corrected chi connectivity index (χ4v) is 1.74. The standard InChI is InChI=1S/C7H8O3S.C4H8O3/c1-6-4-2-3-5-7(6)11(8,9)10;1-3(5)4(6)7-2/h2-5H,1H3,(H,8,9,10);3,5H,1-2H3. The van der Waals surface area contributed by atoms with Crippen LogP contribution in [0.3, 0.4) is 0 Å². The van der Waals surface area contributed by atoms with Gasteiger partial charge in [-0.05, 0) is 25.5 Å². The summed E-state index contributed by atoms with van der Waals surface area (Å²) in [6, 6.07) is 6.27. The second kappa shape index (κ2) is 7.10. The summed E-state index contributed by atoms with van der Waals surface area (Å²) in [5, 5.41) is 8.35. The van der Waals surface area contributed by atoms with Crippen LogP contribution >= 0.6 is 0 Å². The molecular weight excluding hydrogens is 260 g/mol. The molecule has 0 bridgehead atoms. The van der Waals surface area contributed by atoms with Crippen molar-refractivity contribution in [1.29, 1.82) is 0 Å². The van der Waals surface area contributed by atoms with Crippen LogP contribution in [0.15, 0.2) is 29.2 Å². The van der Waals surface area contributed by atoms with Crippen LogP contribution in [0, 0.1) is 6.92 Å². The lowest BCUT2D eigenvalue weighted by molar-refractivity contribution is -0.149. The van der Waals surface area contributed by atoms with Crippen LogP contribution in [-0.4, -0.2) is 37.3 Å². The number of esters is 1. The van der Waals surface area contributed by atoms with E-state index in [1.54, 1.807) is 25.1 Å². The predicted octanol–water partition coefficient (Wildman–Crippen LogP) is 0.782. The van der Waals surface area contributed by atoms with Crippen LogP contribution < -0.4 is 0 Å². The van der Waals surface area contributed by atoms with Crippen LogP contribution in [-0.2, 0) is 19.6 Å². The molecule has 18 heavy (non-hydrogen) atoms. The normalized spacial score (nSPS) is 12.1. The monoisotopic (exact) mass is 276 g/mol. The van der Waals surface area contributed by atoms with E-state index in [0.717, 1.165) is 0 Å². The summed E-state index contributed by atoms with van der Waals surface area (Å²) in [4.78, 5) is 10.0. The van der Waals surface area contributed by atoms with E-state index < -0.39 is 22.2 Å². The zero-order chi connectivity index (χ0) is 14.3. The molecule has 1 atom stereocenters. The van der Waals surface area contributed by atoms with E-state index in [0.29, 0.717) is 5.56 Å². The zero-order valence-corrected chi connectivity index (χ0v) is 11.1. The van der Waals surface area contributed by atoms with Gasteiger partial charge >= 0.3 is 5.97 Å². The highest BCUT2D eigenvalue weighted by molar-refractivity contribution is 7.85. The first-order valence-corrected chi connectivity index (χ1v) is 6.43. The highest BCUT2D eigenvalue weighted by Gasteiger charge is 2.10. The summed E-state index contributed by atoms with van der Waals surface area (Å²) in [7, 11) is -2.80. The largest absolute Gasteiger partial charge is 0.467 e. The maximum atomic E-state index is 10.6. The first-order valence-electron chi connectivity index (χ1n) is 4.99. The summed E-state index contributed by atoms with van der Waals surface area (Å²) in [5.74, 6) is -0.597. The first kappa shape index (κ1) is 16.6. The zero-order valence-electron chi connectivity index (χ0n) is 10.3. The molecule has 102 valence electrons. The minimum absolute atomic E-state index is 0.0278. The van der Waals surface area contributed by atoms with Gasteiger partial charge in [-0.15, -0.1) is 0 Å². The molecule has 0 heterocycles. The molecule has 0 saturated heterocycles. The van der Waals surface area contributed by atoms with Crippen molar-refractivity contribution in [3.63, 3.8) is 0 Å². The number of methoxy groups -OCH3 is 1. The average Bonchev–Trinajstić information content (AvgIpc) is 2.27. The number of aliphatic hydroxyl groups excluding tert-OH is 1. The van der Waals surface area contributed by atoms with E-state index in [1.807, 2.05) is 0 Å². The van der Waals surface area contributed by atoms with Crippen molar-refractivity contribution in [3.05, 3.63) is 29.8 Å². The topological polar surface area (TPSA) is 101 Å². The molecule has 0 aliphatic carbocycles. The van der Waals surface area contributed by atoms with Crippen molar-refractivity contribution in [2.75, 3.05) is 7.11 Å². The van der Waals surface area contributed by atoms with Crippen LogP contribution in [0.25, 0.3) is 0 Å². The van der Waals surface area contributed by atoms with Gasteiger partial charge in [-0.3, -0.25) is 4.55 Å². The number of carbonyl (C=O) groups is 1. The van der Waals surface area contributed by atoms with E-state index in [-0.39, 0.29) is 4.90 Å². The Morgan fingerprint density at radius 3 is 2.06 bits per heavy atom. The second-order valence-corrected chi connectivity index (χ2v) is 4.83. The molecule has 0 aliphatic heterocycles. The Morgan fingerprint density at radius 1 is 1.33 bits per heavy atom. The molecule has 0 spiro atoms. The molecule has 0 aliphatic rings. The average molecular weight is 276 g/mol. The van der Waals surface area contributed by atoms with Gasteiger partial charge in [0.15, 0.2) is 0 Å². The number of hydrogen-bond acceptors (Lipinski definition) is 5. The van der Waals surface area contributed by atoms with E-state index >= 15 is 0 Å². The van der Waals surface area contributed by atoms with E-state index in [9.17, 15) is 13.2 Å². The van der Waals surface area contributed by atoms with E-state index in [1.165, 1.54) is 20.1 Å². The highest BCUT2D eigenvalue weighted by Crippen LogP contribution is 2.12. The van der Waals surface area contributed by atoms with Gasteiger partial charge in [-0.2, -0.15) is 8.42 Å². The SMILES string of the molecule is COC(=O)C(C)O.Cc1ccccc1S(=O)(=O)O. The molecule has 1 aromatic rings. The summed E-state index contributed by atoms with van der Waals surface area (Å²) < 4.78 is 34.0. The molecule has 0 amide bonds. The Balaban J connectivity index is 0.000000360. The number of rotatable bonds is 2. The second-order valence-electron chi connectivity index (χ2n) is 3.44. The quantitative estimate of drug-likeness (QED) is 0.611. The minimum atomic E-state index is -4.03. The highest BCUT2D eigenvalue weighted by atomic mass is 32.2. The molecule has 0 aromatic heterocycles. The predicted molar refractivity (Wildman–Crippen MR) is 64.7 cm³/mol. The van der Waals surface area contributed by atoms with Gasteiger partial charge in [0.1, 0.15) is 6.10 Å². The first-order chi connectivity index (χ1) is 8.20. The molecule has 6 nitrogen and oxygen atoms in total. The van der Waals surface area contributed by atoms with Crippen molar-refractivity contribution < 1.29 is 27.6 Å². The number of aliphatic hydroxyl groups is 1. The van der Waals surface area contributed by atoms with Gasteiger partial charge in [0.05, 0.1) is 12.0 Å². The number of aryl methyl sites for hydroxylation is 1. The lowest BCUT2D eigenvalue weighted by Crippen LogP contribution is -2.16. The molecule has 2 N–H and O–H groups in total. The fourth-order valence-electron chi connectivity index (χ4n) is 1.02. The Labute approximate surface area is 106 Å². The minimum Gasteiger partial charge on any atom is -0.467 e. The third-order valence-corrected chi connectivity index (χ3v) is 2.93. The lowest BCUT2D eigenvalue weighted by atomic mass is 10.2. The van der Waals surface area contributed by atoms with E-state index in [4.69, 9.17) is 9.66 Å². The van der Waals surface area contributed by atoms with Crippen molar-refractivity contribution >= 4 is 16.1 Å². The van der Waals surface area contributed by atoms with Gasteiger partial charge in [0.25, 0.3) is 10.1 Å². The smallest absolute Gasteiger partial charge is 0.334 e. The van der Waals surface area contributed by atoms with Crippen LogP contribution in [0.5, 0.6) is 0 Å². The van der Waals surface area contributed by atoms with Gasteiger partial charge in [-0.1, -0.05) is 18.2 Å². The van der Waals surface area contributed by atoms with Gasteiger partial charge < -0.3 is 9.84 Å². The molecule has 0 fully saturated rings. The van der Waals surface area contributed by atoms with Crippen LogP contribution in [0.1, 0.15) is 12.5 Å². The van der Waals surface area contributed by atoms with Crippen LogP contribution in [0.4, 0.5) is 0 Å². The molecule has 1 unspecified atom stereocenters. The third-order valence-electron chi connectivity index (χ3n) is 1.91. The maximum absolute atomic E-state index is 10.6. The Morgan fingerprint density at radius 2 is 1.83 bits per heavy atom. The molecular formula is C11H16O6S. The molecule has 0 saturated carbocycles. The van der Waals surface area contributed by atoms with Gasteiger partial charge in [-0.25, -0.2) is 4.79 Å². The molecule has 7 heteroatoms. The summed E-state index contributed by atoms with van der Waals surface area (Å²) in [6.45, 7) is 2.98. The molecule has 0 radical (unpaired) electrons. The molecule has 1 aromatic carbocycles. The van der Waals surface area contributed by atoms with Crippen molar-refractivity contribution in [2.24, 2.45) is 0 Å². The molecule has 1 rings (SSSR count). The number of ether oxygens (including phenoxy) is 1. The van der Waals surface area contributed by atoms with E-state index in [2.05, 4.69) is 4.74 Å². The maximum Gasteiger partial charge on any atom is 0.334 e. The Kier molecular flexibility index (Phi) is 6.53. The summed E-state index contributed by atoms with van der Waals surface area (Å²) >= 11 is 0. The Bertz CT molecular complexity index is 492. The summed E-state index contributed by atoms with van der Waals surface area (Å²) in [6.07, 6.45) is -0.995.